The van der Waals surface area contributed by atoms with Crippen LogP contribution in [0.25, 0.3) is 11.2 Å². The Bertz CT molecular complexity index is 822. The molecule has 1 aliphatic rings. The van der Waals surface area contributed by atoms with Crippen molar-refractivity contribution in [3.63, 3.8) is 0 Å². The van der Waals surface area contributed by atoms with Crippen LogP contribution in [0.4, 0.5) is 5.82 Å². The van der Waals surface area contributed by atoms with Crippen molar-refractivity contribution in [2.45, 2.75) is 23.7 Å². The minimum atomic E-state index is -3.09. The first kappa shape index (κ1) is 17.4. The molecule has 1 saturated heterocycles. The zero-order chi connectivity index (χ0) is 18.6. The van der Waals surface area contributed by atoms with Crippen LogP contribution in [0, 0.1) is 0 Å². The minimum Gasteiger partial charge on any atom is -0.394 e. The Labute approximate surface area is 141 Å². The lowest BCUT2D eigenvalue weighted by molar-refractivity contribution is -0.290. The highest BCUT2D eigenvalue weighted by molar-refractivity contribution is 5.88. The summed E-state index contributed by atoms with van der Waals surface area (Å²) in [7, 11) is 2.73. The largest absolute Gasteiger partial charge is 0.394 e. The number of carbonyl (C=O) groups is 1. The fourth-order valence-corrected chi connectivity index (χ4v) is 2.90. The van der Waals surface area contributed by atoms with Crippen molar-refractivity contribution >= 4 is 22.9 Å². The molecule has 136 valence electrons. The molecule has 0 saturated carbocycles. The normalized spacial score (nSPS) is 28.4. The Balaban J connectivity index is 2.33. The zero-order valence-electron chi connectivity index (χ0n) is 13.4. The number of carbonyl (C=O) groups excluding carboxylic acids is 1. The molecule has 3 heterocycles. The Morgan fingerprint density at radius 1 is 1.40 bits per heavy atom. The number of imidazole rings is 1. The average Bonchev–Trinajstić information content (AvgIpc) is 3.07. The van der Waals surface area contributed by atoms with Gasteiger partial charge in [0, 0.05) is 14.1 Å². The molecule has 1 amide bonds. The predicted molar refractivity (Wildman–Crippen MR) is 81.5 cm³/mol. The highest BCUT2D eigenvalue weighted by Gasteiger charge is 2.71. The molecule has 0 spiro atoms. The van der Waals surface area contributed by atoms with Crippen LogP contribution >= 0.6 is 0 Å². The second-order valence-corrected chi connectivity index (χ2v) is 5.90. The molecule has 2 aromatic rings. The van der Waals surface area contributed by atoms with Gasteiger partial charge >= 0.3 is 0 Å². The number of likely N-dealkylation sites (N-methyl/N-ethyl adjacent to an activating group) is 1. The molecular weight excluding hydrogens is 336 g/mol. The number of ether oxygens (including phenoxy) is 1. The van der Waals surface area contributed by atoms with E-state index in [1.165, 1.54) is 14.1 Å². The van der Waals surface area contributed by atoms with E-state index in [0.717, 1.165) is 22.1 Å². The third-order valence-electron chi connectivity index (χ3n) is 4.16. The van der Waals surface area contributed by atoms with Crippen molar-refractivity contribution in [3.8, 4) is 0 Å². The molecule has 25 heavy (non-hydrogen) atoms. The van der Waals surface area contributed by atoms with E-state index in [2.05, 4.69) is 15.0 Å². The van der Waals surface area contributed by atoms with Crippen LogP contribution in [0.1, 0.15) is 0 Å². The highest BCUT2D eigenvalue weighted by Crippen LogP contribution is 2.44. The number of nitrogen functional groups attached to an aromatic ring is 1. The number of hydrogen-bond donors (Lipinski definition) is 5. The zero-order valence-corrected chi connectivity index (χ0v) is 13.4. The van der Waals surface area contributed by atoms with Crippen molar-refractivity contribution in [2.24, 2.45) is 0 Å². The van der Waals surface area contributed by atoms with Gasteiger partial charge < -0.3 is 35.8 Å². The standard InChI is InChI=1S/C13H18N6O6/c1-18(2)11(22)12(13(23,24)8(21)6(3-20)25-12)19-5-17-7-9(14)15-4-16-10(7)19/h4-6,8,20-21,23-24H,3H2,1-2H3,(H2,14,15,16)/t6-,8-,12-/m1/s1. The maximum absolute atomic E-state index is 12.9. The van der Waals surface area contributed by atoms with Crippen molar-refractivity contribution in [1.29, 1.82) is 0 Å². The maximum atomic E-state index is 12.9. The van der Waals surface area contributed by atoms with Gasteiger partial charge in [-0.2, -0.15) is 0 Å². The lowest BCUT2D eigenvalue weighted by atomic mass is 9.96. The van der Waals surface area contributed by atoms with E-state index >= 15 is 0 Å². The Hall–Kier alpha value is -2.38. The quantitative estimate of drug-likeness (QED) is 0.348. The van der Waals surface area contributed by atoms with E-state index in [-0.39, 0.29) is 17.0 Å². The van der Waals surface area contributed by atoms with Crippen molar-refractivity contribution < 1.29 is 30.0 Å². The SMILES string of the molecule is CN(C)C(=O)[C@@]1(n2cnc3c(N)ncnc32)O[C@H](CO)[C@@H](O)C1(O)O. The van der Waals surface area contributed by atoms with Gasteiger partial charge in [0.15, 0.2) is 11.5 Å². The first-order valence-corrected chi connectivity index (χ1v) is 7.25. The van der Waals surface area contributed by atoms with Crippen molar-refractivity contribution in [2.75, 3.05) is 26.4 Å². The summed E-state index contributed by atoms with van der Waals surface area (Å²) in [4.78, 5) is 25.7. The first-order valence-electron chi connectivity index (χ1n) is 7.25. The molecule has 2 aromatic heterocycles. The number of anilines is 1. The Kier molecular flexibility index (Phi) is 3.89. The van der Waals surface area contributed by atoms with Gasteiger partial charge in [-0.3, -0.25) is 9.36 Å². The molecule has 1 fully saturated rings. The predicted octanol–water partition coefficient (Wildman–Crippen LogP) is -3.42. The Morgan fingerprint density at radius 2 is 2.08 bits per heavy atom. The second kappa shape index (κ2) is 5.57. The van der Waals surface area contributed by atoms with Gasteiger partial charge in [-0.15, -0.1) is 0 Å². The number of aliphatic hydroxyl groups is 4. The van der Waals surface area contributed by atoms with Crippen LogP contribution in [-0.4, -0.2) is 89.4 Å². The smallest absolute Gasteiger partial charge is 0.286 e. The molecule has 0 aliphatic carbocycles. The lowest BCUT2D eigenvalue weighted by Crippen LogP contribution is -2.64. The molecule has 1 aliphatic heterocycles. The van der Waals surface area contributed by atoms with Crippen LogP contribution in [0.2, 0.25) is 0 Å². The molecule has 0 radical (unpaired) electrons. The van der Waals surface area contributed by atoms with Crippen LogP contribution in [0.3, 0.4) is 0 Å². The van der Waals surface area contributed by atoms with Gasteiger partial charge in [0.05, 0.1) is 6.61 Å². The summed E-state index contributed by atoms with van der Waals surface area (Å²) >= 11 is 0. The first-order chi connectivity index (χ1) is 11.7. The third kappa shape index (κ3) is 2.12. The molecule has 12 nitrogen and oxygen atoms in total. The molecule has 0 aromatic carbocycles. The number of rotatable bonds is 3. The summed E-state index contributed by atoms with van der Waals surface area (Å²) in [5.41, 5.74) is 3.27. The third-order valence-corrected chi connectivity index (χ3v) is 4.16. The number of amides is 1. The molecule has 6 N–H and O–H groups in total. The molecular formula is C13H18N6O6. The van der Waals surface area contributed by atoms with Crippen LogP contribution in [0.5, 0.6) is 0 Å². The molecule has 3 rings (SSSR count). The van der Waals surface area contributed by atoms with Crippen molar-refractivity contribution in [1.82, 2.24) is 24.4 Å². The number of nitrogens with two attached hydrogens (primary N) is 1. The van der Waals surface area contributed by atoms with Gasteiger partial charge in [-0.05, 0) is 0 Å². The van der Waals surface area contributed by atoms with E-state index in [1.807, 2.05) is 0 Å². The summed E-state index contributed by atoms with van der Waals surface area (Å²) in [5, 5.41) is 40.7. The van der Waals surface area contributed by atoms with Gasteiger partial charge in [-0.25, -0.2) is 15.0 Å². The number of nitrogens with zero attached hydrogens (tertiary/aromatic N) is 5. The topological polar surface area (TPSA) is 180 Å². The highest BCUT2D eigenvalue weighted by atomic mass is 16.6. The average molecular weight is 354 g/mol. The second-order valence-electron chi connectivity index (χ2n) is 5.90. The molecule has 0 bridgehead atoms. The summed E-state index contributed by atoms with van der Waals surface area (Å²) in [6.45, 7) is -0.754. The Morgan fingerprint density at radius 3 is 2.64 bits per heavy atom. The fourth-order valence-electron chi connectivity index (χ4n) is 2.90. The number of fused-ring (bicyclic) bond motifs is 1. The van der Waals surface area contributed by atoms with Crippen LogP contribution in [-0.2, 0) is 15.3 Å². The summed E-state index contributed by atoms with van der Waals surface area (Å²) in [6, 6.07) is 0. The summed E-state index contributed by atoms with van der Waals surface area (Å²) in [5.74, 6) is -3.99. The van der Waals surface area contributed by atoms with E-state index < -0.39 is 36.2 Å². The van der Waals surface area contributed by atoms with Gasteiger partial charge in [0.25, 0.3) is 17.4 Å². The van der Waals surface area contributed by atoms with Gasteiger partial charge in [0.2, 0.25) is 0 Å². The van der Waals surface area contributed by atoms with Gasteiger partial charge in [0.1, 0.15) is 30.4 Å². The number of hydrogen-bond acceptors (Lipinski definition) is 10. The minimum absolute atomic E-state index is 0.00920. The van der Waals surface area contributed by atoms with Crippen LogP contribution in [0.15, 0.2) is 12.7 Å². The van der Waals surface area contributed by atoms with E-state index in [1.54, 1.807) is 0 Å². The molecule has 3 atom stereocenters. The van der Waals surface area contributed by atoms with Crippen LogP contribution < -0.4 is 5.73 Å². The lowest BCUT2D eigenvalue weighted by Gasteiger charge is -2.38. The monoisotopic (exact) mass is 354 g/mol. The van der Waals surface area contributed by atoms with Crippen molar-refractivity contribution in [3.05, 3.63) is 12.7 Å². The van der Waals surface area contributed by atoms with E-state index in [4.69, 9.17) is 10.5 Å². The number of aromatic nitrogens is 4. The summed E-state index contributed by atoms with van der Waals surface area (Å²) in [6.07, 6.45) is -1.23. The molecule has 0 unspecified atom stereocenters. The molecule has 12 heteroatoms. The summed E-state index contributed by atoms with van der Waals surface area (Å²) < 4.78 is 6.43. The van der Waals surface area contributed by atoms with E-state index in [0.29, 0.717) is 0 Å². The maximum Gasteiger partial charge on any atom is 0.286 e. The fraction of sp³-hybridized carbons (Fsp3) is 0.538. The van der Waals surface area contributed by atoms with E-state index in [9.17, 15) is 25.2 Å². The van der Waals surface area contributed by atoms with Gasteiger partial charge in [-0.1, -0.05) is 0 Å². The number of aliphatic hydroxyl groups excluding tert-OH is 2.